The van der Waals surface area contributed by atoms with E-state index in [4.69, 9.17) is 9.26 Å². The molecule has 0 atom stereocenters. The molecule has 0 amide bonds. The number of aryl methyl sites for hydroxylation is 1. The van der Waals surface area contributed by atoms with Gasteiger partial charge in [0.05, 0.1) is 4.47 Å². The lowest BCUT2D eigenvalue weighted by molar-refractivity contribution is 0.283. The lowest BCUT2D eigenvalue weighted by Gasteiger charge is -2.05. The SMILES string of the molecule is CCc1nc(COc2ccc(F)cc2Br)no1. The number of benzene rings is 1. The summed E-state index contributed by atoms with van der Waals surface area (Å²) in [5, 5.41) is 3.75. The van der Waals surface area contributed by atoms with Crippen LogP contribution in [0.5, 0.6) is 5.75 Å². The first-order chi connectivity index (χ1) is 8.19. The van der Waals surface area contributed by atoms with Crippen molar-refractivity contribution in [1.29, 1.82) is 0 Å². The highest BCUT2D eigenvalue weighted by Crippen LogP contribution is 2.25. The molecule has 2 aromatic rings. The summed E-state index contributed by atoms with van der Waals surface area (Å²) in [6.45, 7) is 2.11. The third kappa shape index (κ3) is 3.03. The van der Waals surface area contributed by atoms with Gasteiger partial charge in [0.25, 0.3) is 0 Å². The molecular weight excluding hydrogens is 291 g/mol. The Balaban J connectivity index is 2.02. The molecule has 0 N–H and O–H groups in total. The molecule has 0 radical (unpaired) electrons. The molecule has 0 aliphatic rings. The zero-order valence-corrected chi connectivity index (χ0v) is 10.7. The van der Waals surface area contributed by atoms with Gasteiger partial charge in [-0.25, -0.2) is 4.39 Å². The van der Waals surface area contributed by atoms with E-state index < -0.39 is 0 Å². The van der Waals surface area contributed by atoms with E-state index in [1.54, 1.807) is 6.07 Å². The Bertz CT molecular complexity index is 516. The largest absolute Gasteiger partial charge is 0.484 e. The van der Waals surface area contributed by atoms with Gasteiger partial charge in [-0.05, 0) is 34.1 Å². The molecule has 6 heteroatoms. The highest BCUT2D eigenvalue weighted by molar-refractivity contribution is 9.10. The molecule has 90 valence electrons. The maximum Gasteiger partial charge on any atom is 0.226 e. The van der Waals surface area contributed by atoms with Crippen molar-refractivity contribution in [3.8, 4) is 5.75 Å². The van der Waals surface area contributed by atoms with Gasteiger partial charge in [-0.15, -0.1) is 0 Å². The van der Waals surface area contributed by atoms with Gasteiger partial charge in [0.1, 0.15) is 11.6 Å². The molecule has 0 unspecified atom stereocenters. The van der Waals surface area contributed by atoms with Gasteiger partial charge < -0.3 is 9.26 Å². The standard InChI is InChI=1S/C11H10BrFN2O2/c1-2-11-14-10(15-17-11)6-16-9-4-3-7(13)5-8(9)12/h3-5H,2,6H2,1H3. The summed E-state index contributed by atoms with van der Waals surface area (Å²) >= 11 is 3.21. The molecule has 1 heterocycles. The molecule has 0 bridgehead atoms. The predicted octanol–water partition coefficient (Wildman–Crippen LogP) is 3.11. The van der Waals surface area contributed by atoms with Gasteiger partial charge in [0, 0.05) is 6.42 Å². The maximum atomic E-state index is 12.8. The summed E-state index contributed by atoms with van der Waals surface area (Å²) < 4.78 is 23.8. The highest BCUT2D eigenvalue weighted by atomic mass is 79.9. The van der Waals surface area contributed by atoms with E-state index in [0.717, 1.165) is 0 Å². The Labute approximate surface area is 106 Å². The smallest absolute Gasteiger partial charge is 0.226 e. The summed E-state index contributed by atoms with van der Waals surface area (Å²) in [5.41, 5.74) is 0. The second-order valence-corrected chi connectivity index (χ2v) is 4.18. The third-order valence-corrected chi connectivity index (χ3v) is 2.68. The number of aromatic nitrogens is 2. The van der Waals surface area contributed by atoms with Gasteiger partial charge in [0.15, 0.2) is 6.61 Å². The second-order valence-electron chi connectivity index (χ2n) is 3.32. The van der Waals surface area contributed by atoms with E-state index in [-0.39, 0.29) is 12.4 Å². The minimum atomic E-state index is -0.322. The van der Waals surface area contributed by atoms with Crippen LogP contribution >= 0.6 is 15.9 Å². The lowest BCUT2D eigenvalue weighted by atomic mass is 10.3. The number of rotatable bonds is 4. The topological polar surface area (TPSA) is 48.2 Å². The number of ether oxygens (including phenoxy) is 1. The molecule has 17 heavy (non-hydrogen) atoms. The van der Waals surface area contributed by atoms with E-state index in [9.17, 15) is 4.39 Å². The van der Waals surface area contributed by atoms with Crippen molar-refractivity contribution in [3.05, 3.63) is 40.2 Å². The molecule has 0 saturated heterocycles. The van der Waals surface area contributed by atoms with Crippen LogP contribution in [0.2, 0.25) is 0 Å². The third-order valence-electron chi connectivity index (χ3n) is 2.06. The quantitative estimate of drug-likeness (QED) is 0.870. The van der Waals surface area contributed by atoms with Gasteiger partial charge in [-0.1, -0.05) is 12.1 Å². The second kappa shape index (κ2) is 5.27. The number of hydrogen-bond acceptors (Lipinski definition) is 4. The lowest BCUT2D eigenvalue weighted by Crippen LogP contribution is -1.98. The van der Waals surface area contributed by atoms with E-state index in [1.807, 2.05) is 6.92 Å². The monoisotopic (exact) mass is 300 g/mol. The average Bonchev–Trinajstić information content (AvgIpc) is 2.76. The Morgan fingerprint density at radius 2 is 2.29 bits per heavy atom. The first kappa shape index (κ1) is 12.0. The summed E-state index contributed by atoms with van der Waals surface area (Å²) in [6, 6.07) is 4.21. The van der Waals surface area contributed by atoms with E-state index in [1.165, 1.54) is 12.1 Å². The van der Waals surface area contributed by atoms with Crippen LogP contribution in [-0.2, 0) is 13.0 Å². The zero-order chi connectivity index (χ0) is 12.3. The van der Waals surface area contributed by atoms with Crippen LogP contribution in [0, 0.1) is 5.82 Å². The van der Waals surface area contributed by atoms with Crippen LogP contribution in [0.3, 0.4) is 0 Å². The minimum absolute atomic E-state index is 0.188. The summed E-state index contributed by atoms with van der Waals surface area (Å²) in [6.07, 6.45) is 0.688. The number of hydrogen-bond donors (Lipinski definition) is 0. The van der Waals surface area contributed by atoms with Crippen LogP contribution in [-0.4, -0.2) is 10.1 Å². The van der Waals surface area contributed by atoms with E-state index in [0.29, 0.717) is 28.4 Å². The average molecular weight is 301 g/mol. The van der Waals surface area contributed by atoms with E-state index >= 15 is 0 Å². The predicted molar refractivity (Wildman–Crippen MR) is 62.1 cm³/mol. The Morgan fingerprint density at radius 3 is 2.94 bits per heavy atom. The molecule has 4 nitrogen and oxygen atoms in total. The fraction of sp³-hybridized carbons (Fsp3) is 0.273. The molecule has 0 spiro atoms. The van der Waals surface area contributed by atoms with Crippen molar-refractivity contribution in [1.82, 2.24) is 10.1 Å². The van der Waals surface area contributed by atoms with Crippen molar-refractivity contribution in [2.75, 3.05) is 0 Å². The molecule has 0 aliphatic heterocycles. The van der Waals surface area contributed by atoms with Crippen molar-refractivity contribution in [2.24, 2.45) is 0 Å². The molecule has 2 rings (SSSR count). The molecule has 0 fully saturated rings. The van der Waals surface area contributed by atoms with Crippen molar-refractivity contribution >= 4 is 15.9 Å². The fourth-order valence-electron chi connectivity index (χ4n) is 1.23. The van der Waals surface area contributed by atoms with Gasteiger partial charge >= 0.3 is 0 Å². The molecule has 0 saturated carbocycles. The first-order valence-corrected chi connectivity index (χ1v) is 5.87. The van der Waals surface area contributed by atoms with Gasteiger partial charge in [-0.2, -0.15) is 4.98 Å². The first-order valence-electron chi connectivity index (χ1n) is 5.08. The minimum Gasteiger partial charge on any atom is -0.484 e. The van der Waals surface area contributed by atoms with Gasteiger partial charge in [0.2, 0.25) is 11.7 Å². The highest BCUT2D eigenvalue weighted by Gasteiger charge is 2.07. The van der Waals surface area contributed by atoms with Crippen LogP contribution in [0.25, 0.3) is 0 Å². The van der Waals surface area contributed by atoms with Crippen molar-refractivity contribution in [3.63, 3.8) is 0 Å². The van der Waals surface area contributed by atoms with Crippen LogP contribution < -0.4 is 4.74 Å². The molecular formula is C11H10BrFN2O2. The summed E-state index contributed by atoms with van der Waals surface area (Å²) in [7, 11) is 0. The van der Waals surface area contributed by atoms with Crippen molar-refractivity contribution < 1.29 is 13.7 Å². The summed E-state index contributed by atoms with van der Waals surface area (Å²) in [4.78, 5) is 4.10. The maximum absolute atomic E-state index is 12.8. The van der Waals surface area contributed by atoms with E-state index in [2.05, 4.69) is 26.1 Å². The normalized spacial score (nSPS) is 10.5. The summed E-state index contributed by atoms with van der Waals surface area (Å²) in [5.74, 6) is 1.26. The molecule has 0 aliphatic carbocycles. The van der Waals surface area contributed by atoms with Crippen LogP contribution in [0.4, 0.5) is 4.39 Å². The zero-order valence-electron chi connectivity index (χ0n) is 9.11. The Morgan fingerprint density at radius 1 is 1.47 bits per heavy atom. The van der Waals surface area contributed by atoms with Crippen LogP contribution in [0.1, 0.15) is 18.6 Å². The van der Waals surface area contributed by atoms with Gasteiger partial charge in [-0.3, -0.25) is 0 Å². The number of nitrogens with zero attached hydrogens (tertiary/aromatic N) is 2. The van der Waals surface area contributed by atoms with Crippen molar-refractivity contribution in [2.45, 2.75) is 20.0 Å². The molecule has 1 aromatic heterocycles. The Kier molecular flexibility index (Phi) is 3.73. The fourth-order valence-corrected chi connectivity index (χ4v) is 1.69. The molecule has 1 aromatic carbocycles. The Hall–Kier alpha value is -1.43. The number of halogens is 2. The van der Waals surface area contributed by atoms with Crippen LogP contribution in [0.15, 0.2) is 27.2 Å².